The summed E-state index contributed by atoms with van der Waals surface area (Å²) >= 11 is 0. The second-order valence-corrected chi connectivity index (χ2v) is 8.67. The van der Waals surface area contributed by atoms with Crippen LogP contribution >= 0.6 is 0 Å². The summed E-state index contributed by atoms with van der Waals surface area (Å²) in [5.41, 5.74) is 0. The van der Waals surface area contributed by atoms with Gasteiger partial charge < -0.3 is 14.2 Å². The van der Waals surface area contributed by atoms with Crippen molar-refractivity contribution in [2.24, 2.45) is 0 Å². The summed E-state index contributed by atoms with van der Waals surface area (Å²) in [6.45, 7) is 7.40. The van der Waals surface area contributed by atoms with Gasteiger partial charge in [-0.2, -0.15) is 0 Å². The van der Waals surface area contributed by atoms with Crippen LogP contribution in [-0.4, -0.2) is 27.6 Å². The fraction of sp³-hybridized carbons (Fsp3) is 1.00. The van der Waals surface area contributed by atoms with Crippen LogP contribution in [0, 0.1) is 0 Å². The summed E-state index contributed by atoms with van der Waals surface area (Å²) < 4.78 is 15.4. The van der Waals surface area contributed by atoms with E-state index in [9.17, 15) is 0 Å². The zero-order chi connectivity index (χ0) is 7.61. The van der Waals surface area contributed by atoms with Crippen LogP contribution in [-0.2, 0) is 14.2 Å². The summed E-state index contributed by atoms with van der Waals surface area (Å²) in [4.78, 5) is 0. The fourth-order valence-corrected chi connectivity index (χ4v) is 1.94. The number of hydrogen-bond acceptors (Lipinski definition) is 3. The van der Waals surface area contributed by atoms with Crippen molar-refractivity contribution < 1.29 is 14.2 Å². The third-order valence-electron chi connectivity index (χ3n) is 1.31. The topological polar surface area (TPSA) is 27.7 Å². The number of ether oxygens (including phenoxy) is 3. The van der Waals surface area contributed by atoms with E-state index >= 15 is 0 Å². The molecule has 0 amide bonds. The third-order valence-corrected chi connectivity index (χ3v) is 3.06. The monoisotopic (exact) mass is 162 g/mol. The van der Waals surface area contributed by atoms with Gasteiger partial charge in [-0.15, -0.1) is 0 Å². The Morgan fingerprint density at radius 3 is 1.90 bits per heavy atom. The first kappa shape index (κ1) is 8.20. The maximum Gasteiger partial charge on any atom is 0.152 e. The van der Waals surface area contributed by atoms with Crippen LogP contribution in [0.1, 0.15) is 0 Å². The molecule has 0 unspecified atom stereocenters. The first-order valence-electron chi connectivity index (χ1n) is 3.41. The lowest BCUT2D eigenvalue weighted by atomic mass is 11.2. The van der Waals surface area contributed by atoms with Crippen LogP contribution in [0.25, 0.3) is 0 Å². The molecule has 0 aromatic heterocycles. The predicted molar refractivity (Wildman–Crippen MR) is 40.1 cm³/mol. The molecular formula is C6H14O3Si. The van der Waals surface area contributed by atoms with Gasteiger partial charge >= 0.3 is 0 Å². The minimum Gasteiger partial charge on any atom is -0.330 e. The van der Waals surface area contributed by atoms with Crippen molar-refractivity contribution >= 4 is 8.07 Å². The van der Waals surface area contributed by atoms with Crippen molar-refractivity contribution in [2.45, 2.75) is 25.6 Å². The van der Waals surface area contributed by atoms with Crippen LogP contribution in [0.4, 0.5) is 0 Å². The average Bonchev–Trinajstić information content (AvgIpc) is 1.88. The van der Waals surface area contributed by atoms with E-state index in [4.69, 9.17) is 14.2 Å². The van der Waals surface area contributed by atoms with E-state index < -0.39 is 8.07 Å². The van der Waals surface area contributed by atoms with Gasteiger partial charge in [0.15, 0.2) is 13.6 Å². The maximum atomic E-state index is 5.26. The Morgan fingerprint density at radius 1 is 1.10 bits per heavy atom. The van der Waals surface area contributed by atoms with Gasteiger partial charge in [-0.25, -0.2) is 0 Å². The van der Waals surface area contributed by atoms with Crippen LogP contribution in [0.15, 0.2) is 0 Å². The third kappa shape index (κ3) is 2.05. The summed E-state index contributed by atoms with van der Waals surface area (Å²) in [5.74, 6) is 0.0150. The van der Waals surface area contributed by atoms with Crippen molar-refractivity contribution in [2.75, 3.05) is 13.6 Å². The molecular weight excluding hydrogens is 148 g/mol. The molecule has 0 aliphatic carbocycles. The van der Waals surface area contributed by atoms with Gasteiger partial charge in [0.05, 0.1) is 0 Å². The Hall–Kier alpha value is 0.0969. The quantitative estimate of drug-likeness (QED) is 0.542. The normalized spacial score (nSPS) is 23.1. The molecule has 0 atom stereocenters. The molecule has 1 heterocycles. The van der Waals surface area contributed by atoms with Crippen molar-refractivity contribution in [3.05, 3.63) is 0 Å². The second-order valence-electron chi connectivity index (χ2n) is 3.47. The Labute approximate surface area is 62.3 Å². The fourth-order valence-electron chi connectivity index (χ4n) is 0.802. The molecule has 0 aromatic carbocycles. The molecule has 1 aliphatic rings. The average molecular weight is 162 g/mol. The Bertz CT molecular complexity index is 104. The van der Waals surface area contributed by atoms with E-state index in [1.807, 2.05) is 0 Å². The minimum atomic E-state index is -1.28. The molecule has 1 fully saturated rings. The standard InChI is InChI=1S/C6H14O3Si/c1-10(2,3)6-8-4-7-5-9-6/h6H,4-5H2,1-3H3. The lowest BCUT2D eigenvalue weighted by molar-refractivity contribution is -0.271. The van der Waals surface area contributed by atoms with Crippen LogP contribution in [0.2, 0.25) is 19.6 Å². The van der Waals surface area contributed by atoms with Gasteiger partial charge in [0.1, 0.15) is 14.0 Å². The van der Waals surface area contributed by atoms with E-state index in [0.717, 1.165) is 0 Å². The molecule has 10 heavy (non-hydrogen) atoms. The van der Waals surface area contributed by atoms with Gasteiger partial charge in [-0.05, 0) is 0 Å². The first-order valence-corrected chi connectivity index (χ1v) is 6.99. The molecule has 0 spiro atoms. The zero-order valence-electron chi connectivity index (χ0n) is 6.72. The molecule has 1 rings (SSSR count). The summed E-state index contributed by atoms with van der Waals surface area (Å²) in [6.07, 6.45) is 0. The smallest absolute Gasteiger partial charge is 0.152 e. The number of hydrogen-bond donors (Lipinski definition) is 0. The highest BCUT2D eigenvalue weighted by molar-refractivity contribution is 6.76. The molecule has 3 nitrogen and oxygen atoms in total. The zero-order valence-corrected chi connectivity index (χ0v) is 7.72. The van der Waals surface area contributed by atoms with Gasteiger partial charge in [-0.1, -0.05) is 19.6 Å². The predicted octanol–water partition coefficient (Wildman–Crippen LogP) is 1.17. The molecule has 0 bridgehead atoms. The lowest BCUT2D eigenvalue weighted by Gasteiger charge is -2.31. The Morgan fingerprint density at radius 2 is 1.60 bits per heavy atom. The minimum absolute atomic E-state index is 0.0150. The van der Waals surface area contributed by atoms with Crippen molar-refractivity contribution in [3.63, 3.8) is 0 Å². The second kappa shape index (κ2) is 3.00. The molecule has 1 saturated heterocycles. The molecule has 0 aromatic rings. The van der Waals surface area contributed by atoms with Gasteiger partial charge in [0, 0.05) is 0 Å². The summed E-state index contributed by atoms with van der Waals surface area (Å²) in [7, 11) is -1.28. The van der Waals surface area contributed by atoms with E-state index in [1.54, 1.807) is 0 Å². The van der Waals surface area contributed by atoms with E-state index in [2.05, 4.69) is 19.6 Å². The van der Waals surface area contributed by atoms with E-state index in [0.29, 0.717) is 13.6 Å². The SMILES string of the molecule is C[Si](C)(C)C1OCOCO1. The molecule has 60 valence electrons. The van der Waals surface area contributed by atoms with E-state index in [-0.39, 0.29) is 5.91 Å². The Balaban J connectivity index is 2.39. The maximum absolute atomic E-state index is 5.26. The highest BCUT2D eigenvalue weighted by Crippen LogP contribution is 2.15. The van der Waals surface area contributed by atoms with Crippen LogP contribution in [0.3, 0.4) is 0 Å². The summed E-state index contributed by atoms with van der Waals surface area (Å²) in [6, 6.07) is 0. The highest BCUT2D eigenvalue weighted by Gasteiger charge is 2.30. The number of rotatable bonds is 1. The van der Waals surface area contributed by atoms with Crippen LogP contribution < -0.4 is 0 Å². The molecule has 1 aliphatic heterocycles. The van der Waals surface area contributed by atoms with Crippen LogP contribution in [0.5, 0.6) is 0 Å². The molecule has 0 N–H and O–H groups in total. The molecule has 0 saturated carbocycles. The van der Waals surface area contributed by atoms with E-state index in [1.165, 1.54) is 0 Å². The van der Waals surface area contributed by atoms with Crippen molar-refractivity contribution in [1.82, 2.24) is 0 Å². The Kier molecular flexibility index (Phi) is 2.46. The lowest BCUT2D eigenvalue weighted by Crippen LogP contribution is -2.45. The van der Waals surface area contributed by atoms with Gasteiger partial charge in [0.25, 0.3) is 0 Å². The molecule has 0 radical (unpaired) electrons. The van der Waals surface area contributed by atoms with Gasteiger partial charge in [-0.3, -0.25) is 0 Å². The largest absolute Gasteiger partial charge is 0.330 e. The molecule has 4 heteroatoms. The summed E-state index contributed by atoms with van der Waals surface area (Å²) in [5, 5.41) is 0. The first-order chi connectivity index (χ1) is 4.61. The highest BCUT2D eigenvalue weighted by atomic mass is 28.3. The van der Waals surface area contributed by atoms with Crippen molar-refractivity contribution in [3.8, 4) is 0 Å². The van der Waals surface area contributed by atoms with Crippen molar-refractivity contribution in [1.29, 1.82) is 0 Å². The van der Waals surface area contributed by atoms with Gasteiger partial charge in [0.2, 0.25) is 0 Å².